The van der Waals surface area contributed by atoms with Gasteiger partial charge in [-0.05, 0) is 50.5 Å². The summed E-state index contributed by atoms with van der Waals surface area (Å²) < 4.78 is 0. The molecule has 0 aliphatic heterocycles. The average Bonchev–Trinajstić information content (AvgIpc) is 2.69. The van der Waals surface area contributed by atoms with Gasteiger partial charge in [-0.15, -0.1) is 0 Å². The van der Waals surface area contributed by atoms with Crippen molar-refractivity contribution in [1.29, 1.82) is 0 Å². The summed E-state index contributed by atoms with van der Waals surface area (Å²) in [4.78, 5) is 12.8. The molecule has 0 radical (unpaired) electrons. The van der Waals surface area contributed by atoms with E-state index in [0.717, 1.165) is 16.7 Å². The third-order valence-corrected chi connectivity index (χ3v) is 5.53. The predicted molar refractivity (Wildman–Crippen MR) is 120 cm³/mol. The van der Waals surface area contributed by atoms with Crippen LogP contribution >= 0.6 is 12.6 Å². The SMILES string of the molecule is Cc1ccc(C(=O)N[C@H](C[C@@H](S)c2ccc(C)cc2)c2ccc(C)cc2)cc1. The number of nitrogens with one attached hydrogen (secondary N) is 1. The van der Waals surface area contributed by atoms with Gasteiger partial charge in [0.15, 0.2) is 0 Å². The molecule has 0 fully saturated rings. The van der Waals surface area contributed by atoms with Gasteiger partial charge in [0.2, 0.25) is 0 Å². The summed E-state index contributed by atoms with van der Waals surface area (Å²) >= 11 is 4.84. The van der Waals surface area contributed by atoms with E-state index in [4.69, 9.17) is 12.6 Å². The zero-order valence-electron chi connectivity index (χ0n) is 16.6. The first kappa shape index (κ1) is 20.2. The second-order valence-electron chi connectivity index (χ2n) is 7.46. The minimum absolute atomic E-state index is 0.0326. The Bertz CT molecular complexity index is 914. The van der Waals surface area contributed by atoms with Crippen LogP contribution in [0.1, 0.15) is 55.9 Å². The number of aryl methyl sites for hydroxylation is 3. The number of hydrogen-bond donors (Lipinski definition) is 2. The maximum Gasteiger partial charge on any atom is 0.251 e. The van der Waals surface area contributed by atoms with Crippen molar-refractivity contribution in [1.82, 2.24) is 5.32 Å². The second-order valence-corrected chi connectivity index (χ2v) is 8.09. The van der Waals surface area contributed by atoms with Crippen LogP contribution in [0.2, 0.25) is 0 Å². The highest BCUT2D eigenvalue weighted by molar-refractivity contribution is 7.80. The van der Waals surface area contributed by atoms with Gasteiger partial charge in [0, 0.05) is 10.8 Å². The van der Waals surface area contributed by atoms with Crippen molar-refractivity contribution in [3.05, 3.63) is 106 Å². The molecular formula is C25H27NOS. The zero-order valence-corrected chi connectivity index (χ0v) is 17.5. The van der Waals surface area contributed by atoms with Gasteiger partial charge in [0.1, 0.15) is 0 Å². The summed E-state index contributed by atoms with van der Waals surface area (Å²) in [6.45, 7) is 6.16. The van der Waals surface area contributed by atoms with E-state index in [2.05, 4.69) is 67.7 Å². The van der Waals surface area contributed by atoms with Crippen LogP contribution in [0, 0.1) is 20.8 Å². The van der Waals surface area contributed by atoms with Crippen molar-refractivity contribution in [3.63, 3.8) is 0 Å². The molecule has 0 aliphatic rings. The topological polar surface area (TPSA) is 29.1 Å². The third kappa shape index (κ3) is 5.26. The second kappa shape index (κ2) is 9.11. The van der Waals surface area contributed by atoms with Crippen LogP contribution in [0.3, 0.4) is 0 Å². The van der Waals surface area contributed by atoms with Gasteiger partial charge in [-0.1, -0.05) is 77.4 Å². The Morgan fingerprint density at radius 2 is 1.18 bits per heavy atom. The molecule has 144 valence electrons. The quantitative estimate of drug-likeness (QED) is 0.487. The van der Waals surface area contributed by atoms with E-state index < -0.39 is 0 Å². The van der Waals surface area contributed by atoms with Crippen molar-refractivity contribution in [3.8, 4) is 0 Å². The zero-order chi connectivity index (χ0) is 20.1. The number of carbonyl (C=O) groups is 1. The van der Waals surface area contributed by atoms with Crippen LogP contribution in [-0.2, 0) is 0 Å². The standard InChI is InChI=1S/C25H27NOS/c1-17-4-10-20(11-5-17)23(16-24(28)21-12-6-18(2)7-13-21)26-25(27)22-14-8-19(3)9-15-22/h4-15,23-24,28H,16H2,1-3H3,(H,26,27)/t23-,24-/m1/s1. The van der Waals surface area contributed by atoms with Crippen molar-refractivity contribution in [2.75, 3.05) is 0 Å². The van der Waals surface area contributed by atoms with Crippen molar-refractivity contribution in [2.24, 2.45) is 0 Å². The number of thiol groups is 1. The summed E-state index contributed by atoms with van der Waals surface area (Å²) in [5.41, 5.74) is 6.50. The van der Waals surface area contributed by atoms with Crippen LogP contribution in [0.4, 0.5) is 0 Å². The van der Waals surface area contributed by atoms with Gasteiger partial charge >= 0.3 is 0 Å². The predicted octanol–water partition coefficient (Wildman–Crippen LogP) is 6.14. The molecule has 3 aromatic rings. The number of rotatable bonds is 6. The summed E-state index contributed by atoms with van der Waals surface area (Å²) in [6.07, 6.45) is 0.715. The number of benzene rings is 3. The van der Waals surface area contributed by atoms with Crippen LogP contribution in [-0.4, -0.2) is 5.91 Å². The summed E-state index contributed by atoms with van der Waals surface area (Å²) in [7, 11) is 0. The van der Waals surface area contributed by atoms with E-state index in [-0.39, 0.29) is 17.2 Å². The number of hydrogen-bond acceptors (Lipinski definition) is 2. The number of carbonyl (C=O) groups excluding carboxylic acids is 1. The molecule has 0 aliphatic carbocycles. The fourth-order valence-corrected chi connectivity index (χ4v) is 3.55. The molecule has 0 heterocycles. The molecule has 3 aromatic carbocycles. The molecule has 2 atom stereocenters. The Morgan fingerprint density at radius 3 is 1.68 bits per heavy atom. The molecule has 1 amide bonds. The summed E-state index contributed by atoms with van der Waals surface area (Å²) in [5.74, 6) is -0.0602. The van der Waals surface area contributed by atoms with Gasteiger partial charge in [-0.3, -0.25) is 4.79 Å². The van der Waals surface area contributed by atoms with E-state index in [1.165, 1.54) is 11.1 Å². The molecule has 0 bridgehead atoms. The van der Waals surface area contributed by atoms with E-state index in [1.54, 1.807) is 0 Å². The molecule has 0 saturated heterocycles. The highest BCUT2D eigenvalue weighted by Gasteiger charge is 2.20. The molecule has 3 rings (SSSR count). The first-order valence-corrected chi connectivity index (χ1v) is 10.1. The van der Waals surface area contributed by atoms with Crippen LogP contribution in [0.25, 0.3) is 0 Å². The summed E-state index contributed by atoms with van der Waals surface area (Å²) in [6, 6.07) is 24.3. The Kier molecular flexibility index (Phi) is 6.58. The molecule has 3 heteroatoms. The Hall–Kier alpha value is -2.52. The van der Waals surface area contributed by atoms with E-state index in [1.807, 2.05) is 31.2 Å². The number of amides is 1. The van der Waals surface area contributed by atoms with Crippen LogP contribution < -0.4 is 5.32 Å². The lowest BCUT2D eigenvalue weighted by Crippen LogP contribution is -2.29. The Labute approximate surface area is 173 Å². The lowest BCUT2D eigenvalue weighted by atomic mass is 9.97. The molecule has 2 nitrogen and oxygen atoms in total. The lowest BCUT2D eigenvalue weighted by molar-refractivity contribution is 0.0934. The highest BCUT2D eigenvalue weighted by atomic mass is 32.1. The van der Waals surface area contributed by atoms with E-state index in [0.29, 0.717) is 12.0 Å². The molecule has 0 saturated carbocycles. The van der Waals surface area contributed by atoms with E-state index in [9.17, 15) is 4.79 Å². The monoisotopic (exact) mass is 389 g/mol. The fraction of sp³-hybridized carbons (Fsp3) is 0.240. The van der Waals surface area contributed by atoms with Gasteiger partial charge in [0.05, 0.1) is 6.04 Å². The Balaban J connectivity index is 1.82. The van der Waals surface area contributed by atoms with E-state index >= 15 is 0 Å². The van der Waals surface area contributed by atoms with Crippen LogP contribution in [0.15, 0.2) is 72.8 Å². The minimum atomic E-state index is -0.113. The van der Waals surface area contributed by atoms with Gasteiger partial charge in [0.25, 0.3) is 5.91 Å². The average molecular weight is 390 g/mol. The van der Waals surface area contributed by atoms with Gasteiger partial charge < -0.3 is 5.32 Å². The first-order valence-electron chi connectivity index (χ1n) is 9.61. The largest absolute Gasteiger partial charge is 0.345 e. The third-order valence-electron chi connectivity index (χ3n) is 5.02. The Morgan fingerprint density at radius 1 is 0.750 bits per heavy atom. The minimum Gasteiger partial charge on any atom is -0.345 e. The maximum atomic E-state index is 12.8. The molecule has 1 N–H and O–H groups in total. The van der Waals surface area contributed by atoms with Crippen molar-refractivity contribution in [2.45, 2.75) is 38.5 Å². The smallest absolute Gasteiger partial charge is 0.251 e. The first-order chi connectivity index (χ1) is 13.4. The normalized spacial score (nSPS) is 13.0. The maximum absolute atomic E-state index is 12.8. The van der Waals surface area contributed by atoms with Gasteiger partial charge in [-0.2, -0.15) is 12.6 Å². The van der Waals surface area contributed by atoms with Crippen molar-refractivity contribution < 1.29 is 4.79 Å². The molecule has 0 unspecified atom stereocenters. The molecular weight excluding hydrogens is 362 g/mol. The van der Waals surface area contributed by atoms with Crippen LogP contribution in [0.5, 0.6) is 0 Å². The lowest BCUT2D eigenvalue weighted by Gasteiger charge is -2.23. The highest BCUT2D eigenvalue weighted by Crippen LogP contribution is 2.31. The van der Waals surface area contributed by atoms with Gasteiger partial charge in [-0.25, -0.2) is 0 Å². The molecule has 0 aromatic heterocycles. The summed E-state index contributed by atoms with van der Waals surface area (Å²) in [5, 5.41) is 3.25. The molecule has 0 spiro atoms. The van der Waals surface area contributed by atoms with Crippen molar-refractivity contribution >= 4 is 18.5 Å². The molecule has 28 heavy (non-hydrogen) atoms. The fourth-order valence-electron chi connectivity index (χ4n) is 3.17.